The first-order valence-corrected chi connectivity index (χ1v) is 9.49. The van der Waals surface area contributed by atoms with Gasteiger partial charge in [-0.15, -0.1) is 0 Å². The monoisotopic (exact) mass is 362 g/mol. The van der Waals surface area contributed by atoms with Gasteiger partial charge >= 0.3 is 0 Å². The van der Waals surface area contributed by atoms with Crippen LogP contribution in [0, 0.1) is 0 Å². The second-order valence-corrected chi connectivity index (χ2v) is 6.83. The highest BCUT2D eigenvalue weighted by molar-refractivity contribution is 7.08. The van der Waals surface area contributed by atoms with Crippen LogP contribution in [0.2, 0.25) is 0 Å². The summed E-state index contributed by atoms with van der Waals surface area (Å²) in [6.45, 7) is 4.11. The molecule has 5 nitrogen and oxygen atoms in total. The van der Waals surface area contributed by atoms with Crippen molar-refractivity contribution in [3.8, 4) is 17.2 Å². The zero-order chi connectivity index (χ0) is 17.6. The Balaban J connectivity index is 2.09. The highest BCUT2D eigenvalue weighted by Crippen LogP contribution is 2.42. The van der Waals surface area contributed by atoms with Gasteiger partial charge in [0, 0.05) is 31.3 Å². The van der Waals surface area contributed by atoms with Crippen LogP contribution in [0.25, 0.3) is 0 Å². The molecule has 6 heteroatoms. The predicted molar refractivity (Wildman–Crippen MR) is 101 cm³/mol. The van der Waals surface area contributed by atoms with Gasteiger partial charge in [0.1, 0.15) is 5.75 Å². The average Bonchev–Trinajstić information content (AvgIpc) is 3.04. The van der Waals surface area contributed by atoms with E-state index in [1.54, 1.807) is 32.7 Å². The minimum absolute atomic E-state index is 0.140. The lowest BCUT2D eigenvalue weighted by Crippen LogP contribution is -2.33. The van der Waals surface area contributed by atoms with Crippen molar-refractivity contribution in [2.24, 2.45) is 0 Å². The molecule has 0 radical (unpaired) electrons. The first-order chi connectivity index (χ1) is 12.3. The maximum atomic E-state index is 5.71. The smallest absolute Gasteiger partial charge is 0.164 e. The molecule has 3 rings (SSSR count). The zero-order valence-electron chi connectivity index (χ0n) is 15.1. The minimum atomic E-state index is 0.140. The molecule has 1 fully saturated rings. The van der Waals surface area contributed by atoms with Gasteiger partial charge < -0.3 is 19.5 Å². The van der Waals surface area contributed by atoms with Gasteiger partial charge in [0.2, 0.25) is 0 Å². The fourth-order valence-corrected chi connectivity index (χ4v) is 4.09. The first kappa shape index (κ1) is 18.0. The van der Waals surface area contributed by atoms with E-state index < -0.39 is 0 Å². The van der Waals surface area contributed by atoms with Gasteiger partial charge in [-0.05, 0) is 41.4 Å². The zero-order valence-corrected chi connectivity index (χ0v) is 15.9. The van der Waals surface area contributed by atoms with Crippen LogP contribution in [0.1, 0.15) is 23.6 Å². The van der Waals surface area contributed by atoms with E-state index in [0.29, 0.717) is 5.75 Å². The Bertz CT molecular complexity index is 668. The van der Waals surface area contributed by atoms with Gasteiger partial charge in [-0.2, -0.15) is 11.3 Å². The van der Waals surface area contributed by atoms with Crippen LogP contribution < -0.4 is 19.5 Å². The van der Waals surface area contributed by atoms with Gasteiger partial charge in [0.05, 0.1) is 27.4 Å². The van der Waals surface area contributed by atoms with E-state index in [2.05, 4.69) is 33.1 Å². The minimum Gasteiger partial charge on any atom is -0.496 e. The molecular formula is C19H26N2O3S. The van der Waals surface area contributed by atoms with Gasteiger partial charge in [0.15, 0.2) is 11.5 Å². The van der Waals surface area contributed by atoms with Gasteiger partial charge in [-0.1, -0.05) is 0 Å². The van der Waals surface area contributed by atoms with Crippen molar-refractivity contribution in [1.29, 1.82) is 0 Å². The number of rotatable bonds is 6. The molecule has 2 aromatic rings. The van der Waals surface area contributed by atoms with Crippen LogP contribution in [0.15, 0.2) is 29.0 Å². The molecule has 0 amide bonds. The molecule has 1 aliphatic rings. The Morgan fingerprint density at radius 3 is 2.44 bits per heavy atom. The summed E-state index contributed by atoms with van der Waals surface area (Å²) in [5.74, 6) is 2.24. The molecule has 1 unspecified atom stereocenters. The Labute approximate surface area is 153 Å². The number of nitrogens with zero attached hydrogens (tertiary/aromatic N) is 1. The summed E-state index contributed by atoms with van der Waals surface area (Å²) in [7, 11) is 5.02. The number of hydrogen-bond acceptors (Lipinski definition) is 6. The normalized spacial score (nSPS) is 16.9. The van der Waals surface area contributed by atoms with E-state index in [4.69, 9.17) is 14.2 Å². The largest absolute Gasteiger partial charge is 0.496 e. The van der Waals surface area contributed by atoms with E-state index in [9.17, 15) is 0 Å². The van der Waals surface area contributed by atoms with Crippen LogP contribution in [-0.4, -0.2) is 52.4 Å². The molecule has 1 atom stereocenters. The van der Waals surface area contributed by atoms with Gasteiger partial charge in [0.25, 0.3) is 0 Å². The van der Waals surface area contributed by atoms with Gasteiger partial charge in [-0.25, -0.2) is 0 Å². The molecule has 0 saturated carbocycles. The highest BCUT2D eigenvalue weighted by Gasteiger charge is 2.28. The van der Waals surface area contributed by atoms with Crippen molar-refractivity contribution in [1.82, 2.24) is 10.2 Å². The number of methoxy groups -OCH3 is 3. The Kier molecular flexibility index (Phi) is 6.18. The third-order valence-corrected chi connectivity index (χ3v) is 5.33. The van der Waals surface area contributed by atoms with E-state index in [-0.39, 0.29) is 6.04 Å². The summed E-state index contributed by atoms with van der Waals surface area (Å²) >= 11 is 1.72. The number of benzene rings is 1. The standard InChI is InChI=1S/C19H26N2O3S/c1-22-16-12-18(24-3)17(23-2)11-15(16)19(14-5-10-25-13-14)21-8-4-6-20-7-9-21/h5,10-13,19-20H,4,6-9H2,1-3H3. The summed E-state index contributed by atoms with van der Waals surface area (Å²) in [5.41, 5.74) is 2.40. The molecule has 1 N–H and O–H groups in total. The maximum absolute atomic E-state index is 5.71. The summed E-state index contributed by atoms with van der Waals surface area (Å²) < 4.78 is 16.7. The molecule has 136 valence electrons. The van der Waals surface area contributed by atoms with E-state index in [0.717, 1.165) is 49.7 Å². The predicted octanol–water partition coefficient (Wildman–Crippen LogP) is 3.16. The van der Waals surface area contributed by atoms with E-state index >= 15 is 0 Å². The van der Waals surface area contributed by atoms with Crippen LogP contribution in [0.5, 0.6) is 17.2 Å². The molecule has 0 bridgehead atoms. The van der Waals surface area contributed by atoms with Crippen molar-refractivity contribution < 1.29 is 14.2 Å². The van der Waals surface area contributed by atoms with E-state index in [1.807, 2.05) is 6.07 Å². The fraction of sp³-hybridized carbons (Fsp3) is 0.474. The van der Waals surface area contributed by atoms with Crippen LogP contribution in [-0.2, 0) is 0 Å². The number of hydrogen-bond donors (Lipinski definition) is 1. The molecule has 2 heterocycles. The first-order valence-electron chi connectivity index (χ1n) is 8.55. The SMILES string of the molecule is COc1cc(OC)c(C(c2ccsc2)N2CCCNCC2)cc1OC. The lowest BCUT2D eigenvalue weighted by molar-refractivity contribution is 0.235. The lowest BCUT2D eigenvalue weighted by Gasteiger charge is -2.32. The number of ether oxygens (including phenoxy) is 3. The molecular weight excluding hydrogens is 336 g/mol. The Morgan fingerprint density at radius 1 is 1.00 bits per heavy atom. The third-order valence-electron chi connectivity index (χ3n) is 4.63. The quantitative estimate of drug-likeness (QED) is 0.855. The second-order valence-electron chi connectivity index (χ2n) is 6.05. The van der Waals surface area contributed by atoms with Crippen LogP contribution >= 0.6 is 11.3 Å². The molecule has 1 aromatic carbocycles. The van der Waals surface area contributed by atoms with Crippen LogP contribution in [0.4, 0.5) is 0 Å². The van der Waals surface area contributed by atoms with Crippen molar-refractivity contribution in [2.45, 2.75) is 12.5 Å². The van der Waals surface area contributed by atoms with Crippen molar-refractivity contribution in [2.75, 3.05) is 47.5 Å². The number of thiophene rings is 1. The molecule has 1 saturated heterocycles. The molecule has 0 spiro atoms. The summed E-state index contributed by atoms with van der Waals surface area (Å²) in [5, 5.41) is 7.84. The van der Waals surface area contributed by atoms with Gasteiger partial charge in [-0.3, -0.25) is 4.90 Å². The Hall–Kier alpha value is -1.76. The van der Waals surface area contributed by atoms with Crippen molar-refractivity contribution in [3.63, 3.8) is 0 Å². The third kappa shape index (κ3) is 3.92. The molecule has 1 aromatic heterocycles. The summed E-state index contributed by atoms with van der Waals surface area (Å²) in [6.07, 6.45) is 1.14. The summed E-state index contributed by atoms with van der Waals surface area (Å²) in [6, 6.07) is 6.31. The van der Waals surface area contributed by atoms with Crippen LogP contribution in [0.3, 0.4) is 0 Å². The summed E-state index contributed by atoms with van der Waals surface area (Å²) in [4.78, 5) is 2.52. The topological polar surface area (TPSA) is 43.0 Å². The van der Waals surface area contributed by atoms with E-state index in [1.165, 1.54) is 5.56 Å². The maximum Gasteiger partial charge on any atom is 0.164 e. The molecule has 1 aliphatic heterocycles. The molecule has 0 aliphatic carbocycles. The van der Waals surface area contributed by atoms with Crippen molar-refractivity contribution in [3.05, 3.63) is 40.1 Å². The van der Waals surface area contributed by atoms with Crippen molar-refractivity contribution >= 4 is 11.3 Å². The molecule has 25 heavy (non-hydrogen) atoms. The second kappa shape index (κ2) is 8.56. The lowest BCUT2D eigenvalue weighted by atomic mass is 9.97. The average molecular weight is 362 g/mol. The fourth-order valence-electron chi connectivity index (χ4n) is 3.41. The Morgan fingerprint density at radius 2 is 1.76 bits per heavy atom. The highest BCUT2D eigenvalue weighted by atomic mass is 32.1. The number of nitrogens with one attached hydrogen (secondary N) is 1.